The molecule has 0 aliphatic rings. The van der Waals surface area contributed by atoms with Crippen LogP contribution in [0.25, 0.3) is 0 Å². The summed E-state index contributed by atoms with van der Waals surface area (Å²) in [6, 6.07) is 0. The predicted molar refractivity (Wildman–Crippen MR) is 57.4 cm³/mol. The standard InChI is InChI=1S/C9H15BrFNO2/c1-9(2,3)7(10)6(11)4-5-12-8(13)14/h4,7,12H,5H2,1-3H3,(H,13,14)/b6-4-. The highest BCUT2D eigenvalue weighted by atomic mass is 79.9. The van der Waals surface area contributed by atoms with E-state index in [1.807, 2.05) is 20.8 Å². The van der Waals surface area contributed by atoms with Crippen molar-refractivity contribution in [2.45, 2.75) is 25.6 Å². The summed E-state index contributed by atoms with van der Waals surface area (Å²) in [4.78, 5) is 9.68. The molecule has 0 aromatic rings. The monoisotopic (exact) mass is 267 g/mol. The van der Waals surface area contributed by atoms with E-state index >= 15 is 0 Å². The van der Waals surface area contributed by atoms with Crippen molar-refractivity contribution in [1.82, 2.24) is 5.32 Å². The van der Waals surface area contributed by atoms with Gasteiger partial charge in [-0.15, -0.1) is 0 Å². The van der Waals surface area contributed by atoms with E-state index in [9.17, 15) is 9.18 Å². The van der Waals surface area contributed by atoms with Gasteiger partial charge in [0.2, 0.25) is 0 Å². The van der Waals surface area contributed by atoms with E-state index in [-0.39, 0.29) is 17.8 Å². The summed E-state index contributed by atoms with van der Waals surface area (Å²) in [5.74, 6) is -0.355. The normalized spacial score (nSPS) is 15.1. The van der Waals surface area contributed by atoms with Crippen LogP contribution in [-0.2, 0) is 0 Å². The molecule has 0 spiro atoms. The summed E-state index contributed by atoms with van der Waals surface area (Å²) < 4.78 is 13.3. The lowest BCUT2D eigenvalue weighted by atomic mass is 9.91. The molecule has 0 fully saturated rings. The number of nitrogens with one attached hydrogen (secondary N) is 1. The maximum atomic E-state index is 13.3. The van der Waals surface area contributed by atoms with Crippen LogP contribution in [0.15, 0.2) is 11.9 Å². The Bertz CT molecular complexity index is 235. The Morgan fingerprint density at radius 2 is 2.14 bits per heavy atom. The van der Waals surface area contributed by atoms with Gasteiger partial charge < -0.3 is 10.4 Å². The average molecular weight is 268 g/mol. The minimum atomic E-state index is -1.16. The first kappa shape index (κ1) is 13.4. The number of rotatable bonds is 3. The molecule has 1 atom stereocenters. The van der Waals surface area contributed by atoms with E-state index in [0.29, 0.717) is 0 Å². The Balaban J connectivity index is 4.18. The molecule has 0 aliphatic carbocycles. The number of amides is 1. The topological polar surface area (TPSA) is 49.3 Å². The molecule has 14 heavy (non-hydrogen) atoms. The SMILES string of the molecule is CC(C)(C)C(Br)/C(F)=C/CNC(=O)O. The van der Waals surface area contributed by atoms with Gasteiger partial charge in [-0.3, -0.25) is 0 Å². The Morgan fingerprint density at radius 3 is 2.50 bits per heavy atom. The molecular weight excluding hydrogens is 253 g/mol. The van der Waals surface area contributed by atoms with Crippen LogP contribution in [0.3, 0.4) is 0 Å². The molecular formula is C9H15BrFNO2. The van der Waals surface area contributed by atoms with Crippen LogP contribution in [0.5, 0.6) is 0 Å². The van der Waals surface area contributed by atoms with E-state index < -0.39 is 10.9 Å². The first-order valence-corrected chi connectivity index (χ1v) is 5.13. The third kappa shape index (κ3) is 5.21. The van der Waals surface area contributed by atoms with E-state index in [2.05, 4.69) is 21.2 Å². The maximum absolute atomic E-state index is 13.3. The summed E-state index contributed by atoms with van der Waals surface area (Å²) in [6.45, 7) is 5.67. The summed E-state index contributed by atoms with van der Waals surface area (Å²) in [5, 5.41) is 10.3. The van der Waals surface area contributed by atoms with E-state index in [0.717, 1.165) is 0 Å². The molecule has 0 heterocycles. The zero-order chi connectivity index (χ0) is 11.4. The van der Waals surface area contributed by atoms with Gasteiger partial charge in [-0.05, 0) is 11.5 Å². The second kappa shape index (κ2) is 5.34. The lowest BCUT2D eigenvalue weighted by molar-refractivity contribution is 0.195. The van der Waals surface area contributed by atoms with Crippen molar-refractivity contribution in [3.05, 3.63) is 11.9 Å². The van der Waals surface area contributed by atoms with Gasteiger partial charge in [-0.25, -0.2) is 9.18 Å². The first-order chi connectivity index (χ1) is 6.25. The van der Waals surface area contributed by atoms with Gasteiger partial charge in [-0.1, -0.05) is 36.7 Å². The van der Waals surface area contributed by atoms with Crippen molar-refractivity contribution < 1.29 is 14.3 Å². The molecule has 0 aromatic heterocycles. The largest absolute Gasteiger partial charge is 0.465 e. The smallest absolute Gasteiger partial charge is 0.404 e. The van der Waals surface area contributed by atoms with Gasteiger partial charge in [0.05, 0.1) is 4.83 Å². The van der Waals surface area contributed by atoms with Crippen LogP contribution >= 0.6 is 15.9 Å². The number of alkyl halides is 1. The highest BCUT2D eigenvalue weighted by Crippen LogP contribution is 2.32. The molecule has 1 unspecified atom stereocenters. The van der Waals surface area contributed by atoms with Gasteiger partial charge in [0.15, 0.2) is 0 Å². The predicted octanol–water partition coefficient (Wildman–Crippen LogP) is 2.92. The van der Waals surface area contributed by atoms with Crippen LogP contribution in [0, 0.1) is 5.41 Å². The van der Waals surface area contributed by atoms with Gasteiger partial charge in [0.25, 0.3) is 0 Å². The average Bonchev–Trinajstić information content (AvgIpc) is 2.00. The maximum Gasteiger partial charge on any atom is 0.404 e. The Hall–Kier alpha value is -0.580. The molecule has 2 N–H and O–H groups in total. The molecule has 0 aromatic carbocycles. The fourth-order valence-corrected chi connectivity index (χ4v) is 0.940. The Labute approximate surface area is 91.5 Å². The quantitative estimate of drug-likeness (QED) is 0.773. The molecule has 0 bridgehead atoms. The number of halogens is 2. The minimum Gasteiger partial charge on any atom is -0.465 e. The molecule has 1 amide bonds. The van der Waals surface area contributed by atoms with Crippen LogP contribution in [0.1, 0.15) is 20.8 Å². The van der Waals surface area contributed by atoms with Gasteiger partial charge in [-0.2, -0.15) is 0 Å². The fraction of sp³-hybridized carbons (Fsp3) is 0.667. The summed E-state index contributed by atoms with van der Waals surface area (Å²) >= 11 is 3.21. The Kier molecular flexibility index (Phi) is 5.12. The molecule has 82 valence electrons. The molecule has 0 saturated heterocycles. The van der Waals surface area contributed by atoms with Crippen molar-refractivity contribution >= 4 is 22.0 Å². The van der Waals surface area contributed by atoms with E-state index in [1.54, 1.807) is 0 Å². The third-order valence-corrected chi connectivity index (χ3v) is 3.36. The summed E-state index contributed by atoms with van der Waals surface area (Å²) in [5.41, 5.74) is -0.232. The zero-order valence-corrected chi connectivity index (χ0v) is 10.1. The lowest BCUT2D eigenvalue weighted by Gasteiger charge is -2.23. The van der Waals surface area contributed by atoms with Crippen molar-refractivity contribution in [1.29, 1.82) is 0 Å². The number of hydrogen-bond acceptors (Lipinski definition) is 1. The molecule has 5 heteroatoms. The highest BCUT2D eigenvalue weighted by Gasteiger charge is 2.25. The number of carboxylic acid groups (broad SMARTS) is 1. The third-order valence-electron chi connectivity index (χ3n) is 1.55. The van der Waals surface area contributed by atoms with Crippen LogP contribution in [0.2, 0.25) is 0 Å². The van der Waals surface area contributed by atoms with Crippen LogP contribution in [-0.4, -0.2) is 22.6 Å². The number of carbonyl (C=O) groups is 1. The lowest BCUT2D eigenvalue weighted by Crippen LogP contribution is -2.24. The summed E-state index contributed by atoms with van der Waals surface area (Å²) in [7, 11) is 0. The van der Waals surface area contributed by atoms with Gasteiger partial charge in [0.1, 0.15) is 5.83 Å². The number of allylic oxidation sites excluding steroid dienone is 1. The molecule has 0 rings (SSSR count). The molecule has 3 nitrogen and oxygen atoms in total. The second-order valence-electron chi connectivity index (χ2n) is 4.00. The van der Waals surface area contributed by atoms with Crippen molar-refractivity contribution in [3.63, 3.8) is 0 Å². The van der Waals surface area contributed by atoms with Crippen molar-refractivity contribution in [3.8, 4) is 0 Å². The molecule has 0 radical (unpaired) electrons. The first-order valence-electron chi connectivity index (χ1n) is 4.21. The minimum absolute atomic E-state index is 0.0145. The van der Waals surface area contributed by atoms with E-state index in [1.165, 1.54) is 6.08 Å². The van der Waals surface area contributed by atoms with E-state index in [4.69, 9.17) is 5.11 Å². The summed E-state index contributed by atoms with van der Waals surface area (Å²) in [6.07, 6.45) is 0.0645. The van der Waals surface area contributed by atoms with Crippen LogP contribution < -0.4 is 5.32 Å². The van der Waals surface area contributed by atoms with Gasteiger partial charge >= 0.3 is 6.09 Å². The van der Waals surface area contributed by atoms with Crippen LogP contribution in [0.4, 0.5) is 9.18 Å². The second-order valence-corrected chi connectivity index (χ2v) is 4.92. The highest BCUT2D eigenvalue weighted by molar-refractivity contribution is 9.09. The van der Waals surface area contributed by atoms with Gasteiger partial charge in [0, 0.05) is 6.54 Å². The zero-order valence-electron chi connectivity index (χ0n) is 8.47. The van der Waals surface area contributed by atoms with Crippen molar-refractivity contribution in [2.24, 2.45) is 5.41 Å². The van der Waals surface area contributed by atoms with Crippen molar-refractivity contribution in [2.75, 3.05) is 6.54 Å². The molecule has 0 aliphatic heterocycles. The Morgan fingerprint density at radius 1 is 1.64 bits per heavy atom. The molecule has 0 saturated carbocycles. The fourth-order valence-electron chi connectivity index (χ4n) is 0.753. The number of hydrogen-bond donors (Lipinski definition) is 2.